The average molecular weight is 338 g/mol. The maximum Gasteiger partial charge on any atom is 0.322 e. The van der Waals surface area contributed by atoms with E-state index < -0.39 is 0 Å². The lowest BCUT2D eigenvalue weighted by Crippen LogP contribution is -2.39. The van der Waals surface area contributed by atoms with Gasteiger partial charge in [-0.1, -0.05) is 18.2 Å². The van der Waals surface area contributed by atoms with E-state index in [9.17, 15) is 9.90 Å². The summed E-state index contributed by atoms with van der Waals surface area (Å²) in [6, 6.07) is 15.5. The third-order valence-corrected chi connectivity index (χ3v) is 3.63. The van der Waals surface area contributed by atoms with E-state index in [1.807, 2.05) is 25.1 Å². The lowest BCUT2D eigenvalue weighted by atomic mass is 10.2. The first-order chi connectivity index (χ1) is 12.0. The van der Waals surface area contributed by atoms with Gasteiger partial charge in [-0.3, -0.25) is 0 Å². The Kier molecular flexibility index (Phi) is 6.38. The van der Waals surface area contributed by atoms with Crippen molar-refractivity contribution in [1.82, 2.24) is 9.80 Å². The van der Waals surface area contributed by atoms with Crippen LogP contribution in [0.4, 0.5) is 10.5 Å². The fraction of sp³-hybridized carbons (Fsp3) is 0.263. The highest BCUT2D eigenvalue weighted by molar-refractivity contribution is 5.89. The van der Waals surface area contributed by atoms with Crippen LogP contribution in [-0.4, -0.2) is 48.1 Å². The molecule has 0 spiro atoms. The van der Waals surface area contributed by atoms with Crippen molar-refractivity contribution in [3.8, 4) is 11.8 Å². The van der Waals surface area contributed by atoms with E-state index in [-0.39, 0.29) is 11.8 Å². The van der Waals surface area contributed by atoms with Crippen molar-refractivity contribution >= 4 is 11.7 Å². The van der Waals surface area contributed by atoms with Crippen LogP contribution in [0.3, 0.4) is 0 Å². The number of urea groups is 1. The number of rotatable bonds is 6. The first-order valence-corrected chi connectivity index (χ1v) is 7.96. The quantitative estimate of drug-likeness (QED) is 0.849. The molecule has 0 heterocycles. The van der Waals surface area contributed by atoms with E-state index in [4.69, 9.17) is 5.26 Å². The number of anilines is 1. The van der Waals surface area contributed by atoms with Crippen molar-refractivity contribution in [3.05, 3.63) is 59.7 Å². The monoisotopic (exact) mass is 338 g/mol. The zero-order valence-corrected chi connectivity index (χ0v) is 14.4. The fourth-order valence-electron chi connectivity index (χ4n) is 2.32. The number of phenolic OH excluding ortho intramolecular Hbond substituents is 1. The van der Waals surface area contributed by atoms with Crippen molar-refractivity contribution in [2.45, 2.75) is 6.54 Å². The van der Waals surface area contributed by atoms with Gasteiger partial charge in [-0.25, -0.2) is 4.79 Å². The number of nitrogens with one attached hydrogen (secondary N) is 1. The molecule has 0 aliphatic carbocycles. The summed E-state index contributed by atoms with van der Waals surface area (Å²) < 4.78 is 0. The molecule has 0 saturated heterocycles. The van der Waals surface area contributed by atoms with Crippen LogP contribution in [0.25, 0.3) is 0 Å². The number of nitrogens with zero attached hydrogens (tertiary/aromatic N) is 3. The summed E-state index contributed by atoms with van der Waals surface area (Å²) in [5.74, 6) is 0.173. The molecule has 0 bridgehead atoms. The first kappa shape index (κ1) is 18.3. The summed E-state index contributed by atoms with van der Waals surface area (Å²) >= 11 is 0. The SMILES string of the molecule is CN(C)CCN(Cc1cccc(O)c1)C(=O)Nc1cccc(C#N)c1. The second-order valence-electron chi connectivity index (χ2n) is 6.02. The Morgan fingerprint density at radius 2 is 1.92 bits per heavy atom. The fourth-order valence-corrected chi connectivity index (χ4v) is 2.32. The van der Waals surface area contributed by atoms with Crippen molar-refractivity contribution in [1.29, 1.82) is 5.26 Å². The van der Waals surface area contributed by atoms with Gasteiger partial charge in [-0.15, -0.1) is 0 Å². The van der Waals surface area contributed by atoms with E-state index in [0.29, 0.717) is 30.9 Å². The van der Waals surface area contributed by atoms with E-state index in [1.165, 1.54) is 0 Å². The molecular formula is C19H22N4O2. The van der Waals surface area contributed by atoms with E-state index >= 15 is 0 Å². The standard InChI is InChI=1S/C19H22N4O2/c1-22(2)9-10-23(14-16-6-4-8-18(24)12-16)19(25)21-17-7-3-5-15(11-17)13-20/h3-8,11-12,24H,9-10,14H2,1-2H3,(H,21,25). The topological polar surface area (TPSA) is 79.6 Å². The van der Waals surface area contributed by atoms with Crippen LogP contribution in [0.15, 0.2) is 48.5 Å². The molecule has 25 heavy (non-hydrogen) atoms. The molecule has 2 aromatic rings. The van der Waals surface area contributed by atoms with Crippen LogP contribution in [-0.2, 0) is 6.54 Å². The highest BCUT2D eigenvalue weighted by atomic mass is 16.3. The van der Waals surface area contributed by atoms with Gasteiger partial charge < -0.3 is 20.2 Å². The summed E-state index contributed by atoms with van der Waals surface area (Å²) in [6.07, 6.45) is 0. The van der Waals surface area contributed by atoms with Gasteiger partial charge in [0.15, 0.2) is 0 Å². The Morgan fingerprint density at radius 1 is 1.16 bits per heavy atom. The zero-order chi connectivity index (χ0) is 18.2. The van der Waals surface area contributed by atoms with Crippen LogP contribution < -0.4 is 5.32 Å². The second kappa shape index (κ2) is 8.71. The largest absolute Gasteiger partial charge is 0.508 e. The smallest absolute Gasteiger partial charge is 0.322 e. The van der Waals surface area contributed by atoms with Gasteiger partial charge in [0.2, 0.25) is 0 Å². The van der Waals surface area contributed by atoms with E-state index in [1.54, 1.807) is 47.4 Å². The Hall–Kier alpha value is -3.04. The van der Waals surface area contributed by atoms with Crippen molar-refractivity contribution in [2.75, 3.05) is 32.5 Å². The average Bonchev–Trinajstić information content (AvgIpc) is 2.58. The summed E-state index contributed by atoms with van der Waals surface area (Å²) in [5.41, 5.74) is 1.92. The molecule has 2 aromatic carbocycles. The number of nitriles is 1. The van der Waals surface area contributed by atoms with Crippen molar-refractivity contribution < 1.29 is 9.90 Å². The predicted octanol–water partition coefficient (Wildman–Crippen LogP) is 2.86. The number of phenols is 1. The number of likely N-dealkylation sites (N-methyl/N-ethyl adjacent to an activating group) is 1. The molecule has 0 aliphatic rings. The minimum absolute atomic E-state index is 0.173. The number of carbonyl (C=O) groups excluding carboxylic acids is 1. The van der Waals surface area contributed by atoms with Crippen molar-refractivity contribution in [2.24, 2.45) is 0 Å². The van der Waals surface area contributed by atoms with Gasteiger partial charge in [-0.2, -0.15) is 5.26 Å². The minimum atomic E-state index is -0.250. The molecular weight excluding hydrogens is 316 g/mol. The van der Waals surface area contributed by atoms with Gasteiger partial charge >= 0.3 is 6.03 Å². The van der Waals surface area contributed by atoms with Gasteiger partial charge in [0.1, 0.15) is 5.75 Å². The Morgan fingerprint density at radius 3 is 2.60 bits per heavy atom. The van der Waals surface area contributed by atoms with Crippen LogP contribution in [0, 0.1) is 11.3 Å². The maximum atomic E-state index is 12.7. The predicted molar refractivity (Wildman–Crippen MR) is 97.2 cm³/mol. The first-order valence-electron chi connectivity index (χ1n) is 7.96. The number of aromatic hydroxyl groups is 1. The Bertz CT molecular complexity index is 768. The summed E-state index contributed by atoms with van der Waals surface area (Å²) in [6.45, 7) is 1.63. The van der Waals surface area contributed by atoms with Crippen LogP contribution in [0.5, 0.6) is 5.75 Å². The molecule has 0 fully saturated rings. The van der Waals surface area contributed by atoms with Crippen molar-refractivity contribution in [3.63, 3.8) is 0 Å². The Balaban J connectivity index is 2.12. The number of amides is 2. The number of benzene rings is 2. The normalized spacial score (nSPS) is 10.3. The second-order valence-corrected chi connectivity index (χ2v) is 6.02. The molecule has 0 unspecified atom stereocenters. The number of hydrogen-bond donors (Lipinski definition) is 2. The third kappa shape index (κ3) is 5.83. The highest BCUT2D eigenvalue weighted by Crippen LogP contribution is 2.15. The molecule has 0 saturated carbocycles. The summed E-state index contributed by atoms with van der Waals surface area (Å²) in [5, 5.41) is 21.4. The van der Waals surface area contributed by atoms with E-state index in [2.05, 4.69) is 11.4 Å². The Labute approximate surface area is 147 Å². The lowest BCUT2D eigenvalue weighted by molar-refractivity contribution is 0.202. The molecule has 6 nitrogen and oxygen atoms in total. The summed E-state index contributed by atoms with van der Waals surface area (Å²) in [7, 11) is 3.89. The molecule has 130 valence electrons. The number of hydrogen-bond acceptors (Lipinski definition) is 4. The van der Waals surface area contributed by atoms with E-state index in [0.717, 1.165) is 5.56 Å². The third-order valence-electron chi connectivity index (χ3n) is 3.63. The molecule has 2 rings (SSSR count). The molecule has 6 heteroatoms. The molecule has 0 aliphatic heterocycles. The zero-order valence-electron chi connectivity index (χ0n) is 14.4. The lowest BCUT2D eigenvalue weighted by Gasteiger charge is -2.25. The highest BCUT2D eigenvalue weighted by Gasteiger charge is 2.15. The summed E-state index contributed by atoms with van der Waals surface area (Å²) in [4.78, 5) is 16.3. The van der Waals surface area contributed by atoms with Crippen LogP contribution in [0.1, 0.15) is 11.1 Å². The molecule has 0 aromatic heterocycles. The van der Waals surface area contributed by atoms with Gasteiger partial charge in [0.25, 0.3) is 0 Å². The molecule has 0 radical (unpaired) electrons. The maximum absolute atomic E-state index is 12.7. The molecule has 0 atom stereocenters. The van der Waals surface area contributed by atoms with Crippen LogP contribution >= 0.6 is 0 Å². The minimum Gasteiger partial charge on any atom is -0.508 e. The number of carbonyl (C=O) groups is 1. The van der Waals surface area contributed by atoms with Crippen LogP contribution in [0.2, 0.25) is 0 Å². The van der Waals surface area contributed by atoms with Gasteiger partial charge in [0, 0.05) is 25.3 Å². The molecule has 2 N–H and O–H groups in total. The van der Waals surface area contributed by atoms with Gasteiger partial charge in [0.05, 0.1) is 11.6 Å². The van der Waals surface area contributed by atoms with Gasteiger partial charge in [-0.05, 0) is 50.0 Å². The molecule has 2 amide bonds.